The van der Waals surface area contributed by atoms with Crippen molar-refractivity contribution in [3.63, 3.8) is 0 Å². The number of hydrogen-bond acceptors (Lipinski definition) is 3. The number of aryl methyl sites for hydroxylation is 2. The van der Waals surface area contributed by atoms with Crippen molar-refractivity contribution >= 4 is 10.0 Å². The molecule has 0 saturated heterocycles. The highest BCUT2D eigenvalue weighted by Crippen LogP contribution is 2.24. The van der Waals surface area contributed by atoms with E-state index in [0.29, 0.717) is 0 Å². The first-order valence-electron chi connectivity index (χ1n) is 8.02. The van der Waals surface area contributed by atoms with Gasteiger partial charge in [0.1, 0.15) is 0 Å². The van der Waals surface area contributed by atoms with Gasteiger partial charge in [0.05, 0.1) is 10.9 Å². The van der Waals surface area contributed by atoms with Crippen molar-refractivity contribution in [2.24, 2.45) is 0 Å². The highest BCUT2D eigenvalue weighted by molar-refractivity contribution is 7.89. The molecule has 0 spiro atoms. The van der Waals surface area contributed by atoms with Gasteiger partial charge in [-0.05, 0) is 60.4 Å². The Kier molecular flexibility index (Phi) is 4.97. The van der Waals surface area contributed by atoms with Crippen LogP contribution in [-0.4, -0.2) is 13.4 Å². The zero-order chi connectivity index (χ0) is 17.9. The standard InChI is InChI=1S/C20H20N2O2S/c1-15-8-9-19(14-16(15)2)25(23,24)22-20(17-6-4-3-5-7-17)18-10-12-21-13-11-18/h3-14,20,22H,1-2H3/t20-/m1/s1. The molecule has 2 aromatic carbocycles. The molecular formula is C20H20N2O2S. The Morgan fingerprint density at radius 2 is 1.48 bits per heavy atom. The molecule has 128 valence electrons. The number of nitrogens with zero attached hydrogens (tertiary/aromatic N) is 1. The van der Waals surface area contributed by atoms with Gasteiger partial charge in [0.2, 0.25) is 10.0 Å². The molecule has 1 heterocycles. The fourth-order valence-electron chi connectivity index (χ4n) is 2.63. The molecule has 0 amide bonds. The molecule has 0 aliphatic heterocycles. The second-order valence-electron chi connectivity index (χ2n) is 5.99. The van der Waals surface area contributed by atoms with Crippen LogP contribution in [0.5, 0.6) is 0 Å². The van der Waals surface area contributed by atoms with Crippen LogP contribution in [0.25, 0.3) is 0 Å². The Morgan fingerprint density at radius 1 is 0.840 bits per heavy atom. The van der Waals surface area contributed by atoms with Crippen molar-refractivity contribution in [3.8, 4) is 0 Å². The third-order valence-electron chi connectivity index (χ3n) is 4.23. The third-order valence-corrected chi connectivity index (χ3v) is 5.65. The van der Waals surface area contributed by atoms with Crippen molar-refractivity contribution in [2.45, 2.75) is 24.8 Å². The lowest BCUT2D eigenvalue weighted by Gasteiger charge is -2.20. The highest BCUT2D eigenvalue weighted by Gasteiger charge is 2.23. The molecule has 0 aliphatic rings. The van der Waals surface area contributed by atoms with E-state index in [1.54, 1.807) is 24.5 Å². The van der Waals surface area contributed by atoms with Gasteiger partial charge in [-0.25, -0.2) is 8.42 Å². The topological polar surface area (TPSA) is 59.1 Å². The van der Waals surface area contributed by atoms with Crippen molar-refractivity contribution in [1.82, 2.24) is 9.71 Å². The molecule has 1 aromatic heterocycles. The number of benzene rings is 2. The van der Waals surface area contributed by atoms with Crippen molar-refractivity contribution in [3.05, 3.63) is 95.3 Å². The summed E-state index contributed by atoms with van der Waals surface area (Å²) in [6, 6.07) is 17.9. The van der Waals surface area contributed by atoms with Crippen LogP contribution >= 0.6 is 0 Å². The van der Waals surface area contributed by atoms with Crippen LogP contribution in [0.15, 0.2) is 78.0 Å². The maximum absolute atomic E-state index is 12.9. The summed E-state index contributed by atoms with van der Waals surface area (Å²) in [5.41, 5.74) is 3.73. The Labute approximate surface area is 148 Å². The Hall–Kier alpha value is -2.50. The average molecular weight is 352 g/mol. The first-order valence-corrected chi connectivity index (χ1v) is 9.50. The summed E-state index contributed by atoms with van der Waals surface area (Å²) in [5, 5.41) is 0. The van der Waals surface area contributed by atoms with Crippen LogP contribution in [0.3, 0.4) is 0 Å². The van der Waals surface area contributed by atoms with Gasteiger partial charge in [-0.15, -0.1) is 0 Å². The van der Waals surface area contributed by atoms with Crippen LogP contribution < -0.4 is 4.72 Å². The minimum atomic E-state index is -3.67. The number of rotatable bonds is 5. The number of sulfonamides is 1. The predicted octanol–water partition coefficient (Wildman–Crippen LogP) is 3.77. The van der Waals surface area contributed by atoms with E-state index in [1.165, 1.54) is 0 Å². The molecule has 5 heteroatoms. The molecule has 0 bridgehead atoms. The van der Waals surface area contributed by atoms with Crippen molar-refractivity contribution in [1.29, 1.82) is 0 Å². The molecule has 25 heavy (non-hydrogen) atoms. The van der Waals surface area contributed by atoms with Crippen molar-refractivity contribution < 1.29 is 8.42 Å². The maximum Gasteiger partial charge on any atom is 0.241 e. The fourth-order valence-corrected chi connectivity index (χ4v) is 3.93. The second kappa shape index (κ2) is 7.17. The third kappa shape index (κ3) is 3.95. The van der Waals surface area contributed by atoms with Crippen LogP contribution in [0.1, 0.15) is 28.3 Å². The molecule has 1 atom stereocenters. The molecule has 3 rings (SSSR count). The monoisotopic (exact) mass is 352 g/mol. The van der Waals surface area contributed by atoms with E-state index in [4.69, 9.17) is 0 Å². The van der Waals surface area contributed by atoms with Gasteiger partial charge in [0, 0.05) is 12.4 Å². The van der Waals surface area contributed by atoms with Gasteiger partial charge >= 0.3 is 0 Å². The van der Waals surface area contributed by atoms with Crippen LogP contribution in [0, 0.1) is 13.8 Å². The van der Waals surface area contributed by atoms with Gasteiger partial charge in [-0.1, -0.05) is 36.4 Å². The fraction of sp³-hybridized carbons (Fsp3) is 0.150. The number of aromatic nitrogens is 1. The summed E-state index contributed by atoms with van der Waals surface area (Å²) in [4.78, 5) is 4.29. The lowest BCUT2D eigenvalue weighted by atomic mass is 10.0. The molecule has 3 aromatic rings. The van der Waals surface area contributed by atoms with Gasteiger partial charge in [0.15, 0.2) is 0 Å². The van der Waals surface area contributed by atoms with E-state index in [0.717, 1.165) is 22.3 Å². The first kappa shape index (κ1) is 17.3. The Bertz CT molecular complexity index is 916. The molecule has 0 radical (unpaired) electrons. The highest BCUT2D eigenvalue weighted by atomic mass is 32.2. The molecule has 0 aliphatic carbocycles. The molecule has 0 saturated carbocycles. The Morgan fingerprint density at radius 3 is 2.12 bits per heavy atom. The zero-order valence-corrected chi connectivity index (χ0v) is 15.0. The van der Waals surface area contributed by atoms with Gasteiger partial charge < -0.3 is 0 Å². The summed E-state index contributed by atoms with van der Waals surface area (Å²) in [5.74, 6) is 0. The normalized spacial score (nSPS) is 12.7. The average Bonchev–Trinajstić information content (AvgIpc) is 2.63. The summed E-state index contributed by atoms with van der Waals surface area (Å²) >= 11 is 0. The van der Waals surface area contributed by atoms with Crippen LogP contribution in [-0.2, 0) is 10.0 Å². The van der Waals surface area contributed by atoms with E-state index in [9.17, 15) is 8.42 Å². The zero-order valence-electron chi connectivity index (χ0n) is 14.2. The molecular weight excluding hydrogens is 332 g/mol. The molecule has 1 N–H and O–H groups in total. The lowest BCUT2D eigenvalue weighted by Crippen LogP contribution is -2.29. The SMILES string of the molecule is Cc1ccc(S(=O)(=O)N[C@H](c2ccccc2)c2ccncc2)cc1C. The predicted molar refractivity (Wildman–Crippen MR) is 98.8 cm³/mol. The number of hydrogen-bond donors (Lipinski definition) is 1. The van der Waals surface area contributed by atoms with Crippen LogP contribution in [0.2, 0.25) is 0 Å². The van der Waals surface area contributed by atoms with Crippen molar-refractivity contribution in [2.75, 3.05) is 0 Å². The second-order valence-corrected chi connectivity index (χ2v) is 7.71. The molecule has 0 fully saturated rings. The quantitative estimate of drug-likeness (QED) is 0.760. The van der Waals surface area contributed by atoms with Crippen LogP contribution in [0.4, 0.5) is 0 Å². The first-order chi connectivity index (χ1) is 12.0. The van der Waals surface area contributed by atoms with Gasteiger partial charge in [0.25, 0.3) is 0 Å². The van der Waals surface area contributed by atoms with E-state index >= 15 is 0 Å². The molecule has 0 unspecified atom stereocenters. The Balaban J connectivity index is 2.01. The maximum atomic E-state index is 12.9. The number of pyridine rings is 1. The minimum absolute atomic E-state index is 0.269. The van der Waals surface area contributed by atoms with E-state index < -0.39 is 16.1 Å². The number of nitrogens with one attached hydrogen (secondary N) is 1. The summed E-state index contributed by atoms with van der Waals surface area (Å²) in [6.07, 6.45) is 3.32. The smallest absolute Gasteiger partial charge is 0.241 e. The van der Waals surface area contributed by atoms with Gasteiger partial charge in [-0.3, -0.25) is 4.98 Å². The lowest BCUT2D eigenvalue weighted by molar-refractivity contribution is 0.572. The summed E-state index contributed by atoms with van der Waals surface area (Å²) < 4.78 is 28.7. The molecule has 4 nitrogen and oxygen atoms in total. The van der Waals surface area contributed by atoms with E-state index in [2.05, 4.69) is 9.71 Å². The van der Waals surface area contributed by atoms with Gasteiger partial charge in [-0.2, -0.15) is 4.72 Å². The van der Waals surface area contributed by atoms with E-state index in [-0.39, 0.29) is 4.90 Å². The summed E-state index contributed by atoms with van der Waals surface area (Å²) in [7, 11) is -3.67. The van der Waals surface area contributed by atoms with E-state index in [1.807, 2.05) is 62.4 Å². The minimum Gasteiger partial charge on any atom is -0.265 e. The largest absolute Gasteiger partial charge is 0.265 e. The summed E-state index contributed by atoms with van der Waals surface area (Å²) in [6.45, 7) is 3.87.